The van der Waals surface area contributed by atoms with E-state index >= 15 is 0 Å². The van der Waals surface area contributed by atoms with Crippen LogP contribution in [-0.4, -0.2) is 51.1 Å². The number of nitrogens with zero attached hydrogens (tertiary/aromatic N) is 2. The molecule has 3 unspecified atom stereocenters. The van der Waals surface area contributed by atoms with E-state index < -0.39 is 0 Å². The lowest BCUT2D eigenvalue weighted by molar-refractivity contribution is -0.132. The number of aromatic nitrogens is 2. The molecule has 0 aromatic carbocycles. The van der Waals surface area contributed by atoms with Gasteiger partial charge in [-0.15, -0.1) is 0 Å². The number of imidazole rings is 1. The third kappa shape index (κ3) is 2.37. The predicted molar refractivity (Wildman–Crippen MR) is 69.3 cm³/mol. The smallest absolute Gasteiger partial charge is 0.240 e. The number of hydrogen-bond acceptors (Lipinski definition) is 4. The number of aromatic amines is 1. The number of likely N-dealkylation sites (tertiary alicyclic amines) is 1. The number of rotatable bonds is 2. The van der Waals surface area contributed by atoms with E-state index in [1.54, 1.807) is 13.3 Å². The maximum atomic E-state index is 12.4. The molecule has 0 bridgehead atoms. The molecule has 1 aromatic rings. The minimum atomic E-state index is -0.338. The average molecular weight is 264 g/mol. The number of H-pyrrole nitrogens is 1. The van der Waals surface area contributed by atoms with E-state index in [0.717, 1.165) is 24.4 Å². The molecule has 0 spiro atoms. The topological polar surface area (TPSA) is 81.2 Å². The number of fused-ring (bicyclic) bond motifs is 1. The van der Waals surface area contributed by atoms with Crippen LogP contribution in [0.4, 0.5) is 0 Å². The SMILES string of the molecule is CC(O)C1CCN(C(=O)C2Cc3nc[nH]c3CN2)C1. The fraction of sp³-hybridized carbons (Fsp3) is 0.692. The second-order valence-electron chi connectivity index (χ2n) is 5.54. The standard InChI is InChI=1S/C13H20N4O2/c1-8(18)9-2-3-17(6-9)13(19)11-4-10-12(5-14-11)16-7-15-10/h7-9,11,14,18H,2-6H2,1H3,(H,15,16). The molecule has 1 saturated heterocycles. The van der Waals surface area contributed by atoms with Crippen LogP contribution >= 0.6 is 0 Å². The van der Waals surface area contributed by atoms with E-state index in [1.165, 1.54) is 0 Å². The van der Waals surface area contributed by atoms with Gasteiger partial charge < -0.3 is 15.0 Å². The Kier molecular flexibility index (Phi) is 3.28. The van der Waals surface area contributed by atoms with E-state index in [9.17, 15) is 9.90 Å². The summed E-state index contributed by atoms with van der Waals surface area (Å²) in [6.45, 7) is 3.88. The zero-order valence-corrected chi connectivity index (χ0v) is 11.1. The van der Waals surface area contributed by atoms with Gasteiger partial charge in [0.25, 0.3) is 0 Å². The molecule has 3 atom stereocenters. The first-order valence-corrected chi connectivity index (χ1v) is 6.86. The minimum absolute atomic E-state index is 0.136. The number of nitrogens with one attached hydrogen (secondary N) is 2. The van der Waals surface area contributed by atoms with Crippen molar-refractivity contribution in [1.29, 1.82) is 0 Å². The Labute approximate surface area is 112 Å². The van der Waals surface area contributed by atoms with Gasteiger partial charge in [-0.05, 0) is 13.3 Å². The molecular weight excluding hydrogens is 244 g/mol. The van der Waals surface area contributed by atoms with Crippen molar-refractivity contribution in [1.82, 2.24) is 20.2 Å². The second-order valence-corrected chi connectivity index (χ2v) is 5.54. The van der Waals surface area contributed by atoms with Crippen molar-refractivity contribution < 1.29 is 9.90 Å². The summed E-state index contributed by atoms with van der Waals surface area (Å²) in [5, 5.41) is 12.9. The van der Waals surface area contributed by atoms with Crippen LogP contribution in [0.2, 0.25) is 0 Å². The van der Waals surface area contributed by atoms with Crippen molar-refractivity contribution in [3.63, 3.8) is 0 Å². The molecular formula is C13H20N4O2. The van der Waals surface area contributed by atoms with Crippen LogP contribution in [0.25, 0.3) is 0 Å². The third-order valence-corrected chi connectivity index (χ3v) is 4.25. The van der Waals surface area contributed by atoms with Gasteiger partial charge >= 0.3 is 0 Å². The second kappa shape index (κ2) is 4.94. The number of amides is 1. The first-order chi connectivity index (χ1) is 9.15. The van der Waals surface area contributed by atoms with Crippen LogP contribution in [0.3, 0.4) is 0 Å². The van der Waals surface area contributed by atoms with Crippen molar-refractivity contribution in [3.05, 3.63) is 17.7 Å². The molecule has 3 rings (SSSR count). The molecule has 1 amide bonds. The van der Waals surface area contributed by atoms with Gasteiger partial charge in [0.1, 0.15) is 0 Å². The molecule has 1 aromatic heterocycles. The molecule has 0 aliphatic carbocycles. The Balaban J connectivity index is 1.63. The summed E-state index contributed by atoms with van der Waals surface area (Å²) >= 11 is 0. The predicted octanol–water partition coefficient (Wildman–Crippen LogP) is -0.347. The normalized spacial score (nSPS) is 28.2. The summed E-state index contributed by atoms with van der Waals surface area (Å²) in [6.07, 6.45) is 2.88. The molecule has 19 heavy (non-hydrogen) atoms. The van der Waals surface area contributed by atoms with Crippen LogP contribution in [-0.2, 0) is 17.8 Å². The van der Waals surface area contributed by atoms with Gasteiger partial charge in [0, 0.05) is 32.0 Å². The van der Waals surface area contributed by atoms with Crippen LogP contribution in [0.15, 0.2) is 6.33 Å². The van der Waals surface area contributed by atoms with Crippen LogP contribution in [0.1, 0.15) is 24.7 Å². The number of carbonyl (C=O) groups excluding carboxylic acids is 1. The Morgan fingerprint density at radius 1 is 1.63 bits per heavy atom. The van der Waals surface area contributed by atoms with E-state index in [-0.39, 0.29) is 24.0 Å². The molecule has 3 N–H and O–H groups in total. The molecule has 104 valence electrons. The zero-order valence-electron chi connectivity index (χ0n) is 11.1. The molecule has 0 saturated carbocycles. The number of hydrogen-bond donors (Lipinski definition) is 3. The molecule has 1 fully saturated rings. The summed E-state index contributed by atoms with van der Waals surface area (Å²) in [5.74, 6) is 0.352. The van der Waals surface area contributed by atoms with Crippen molar-refractivity contribution in [3.8, 4) is 0 Å². The van der Waals surface area contributed by atoms with Crippen LogP contribution in [0, 0.1) is 5.92 Å². The summed E-state index contributed by atoms with van der Waals surface area (Å²) in [7, 11) is 0. The fourth-order valence-corrected chi connectivity index (χ4v) is 2.95. The molecule has 0 radical (unpaired) electrons. The maximum absolute atomic E-state index is 12.4. The van der Waals surface area contributed by atoms with Gasteiger partial charge in [0.05, 0.1) is 29.9 Å². The lowest BCUT2D eigenvalue weighted by Gasteiger charge is -2.27. The van der Waals surface area contributed by atoms with E-state index in [2.05, 4.69) is 15.3 Å². The molecule has 6 nitrogen and oxygen atoms in total. The first-order valence-electron chi connectivity index (χ1n) is 6.86. The summed E-state index contributed by atoms with van der Waals surface area (Å²) in [6, 6.07) is -0.177. The highest BCUT2D eigenvalue weighted by Crippen LogP contribution is 2.22. The van der Waals surface area contributed by atoms with E-state index in [0.29, 0.717) is 19.5 Å². The lowest BCUT2D eigenvalue weighted by Crippen LogP contribution is -2.49. The first kappa shape index (κ1) is 12.6. The number of aliphatic hydroxyl groups excluding tert-OH is 1. The zero-order chi connectivity index (χ0) is 13.4. The quantitative estimate of drug-likeness (QED) is 0.682. The van der Waals surface area contributed by atoms with Crippen molar-refractivity contribution in [2.45, 2.75) is 38.5 Å². The maximum Gasteiger partial charge on any atom is 0.240 e. The summed E-state index contributed by atoms with van der Waals surface area (Å²) < 4.78 is 0. The van der Waals surface area contributed by atoms with Gasteiger partial charge in [0.2, 0.25) is 5.91 Å². The lowest BCUT2D eigenvalue weighted by atomic mass is 10.0. The van der Waals surface area contributed by atoms with Gasteiger partial charge in [-0.2, -0.15) is 0 Å². The Bertz CT molecular complexity index is 471. The molecule has 2 aliphatic heterocycles. The van der Waals surface area contributed by atoms with Gasteiger partial charge in [-0.25, -0.2) is 4.98 Å². The van der Waals surface area contributed by atoms with Gasteiger partial charge in [0.15, 0.2) is 0 Å². The minimum Gasteiger partial charge on any atom is -0.393 e. The monoisotopic (exact) mass is 264 g/mol. The van der Waals surface area contributed by atoms with Crippen molar-refractivity contribution in [2.24, 2.45) is 5.92 Å². The summed E-state index contributed by atoms with van der Waals surface area (Å²) in [4.78, 5) is 21.6. The Morgan fingerprint density at radius 2 is 2.47 bits per heavy atom. The highest BCUT2D eigenvalue weighted by Gasteiger charge is 2.34. The largest absolute Gasteiger partial charge is 0.393 e. The average Bonchev–Trinajstić information content (AvgIpc) is 3.06. The number of carbonyl (C=O) groups is 1. The molecule has 2 aliphatic rings. The third-order valence-electron chi connectivity index (χ3n) is 4.25. The van der Waals surface area contributed by atoms with Gasteiger partial charge in [-0.3, -0.25) is 10.1 Å². The van der Waals surface area contributed by atoms with E-state index in [4.69, 9.17) is 0 Å². The Morgan fingerprint density at radius 3 is 3.21 bits per heavy atom. The van der Waals surface area contributed by atoms with Crippen molar-refractivity contribution in [2.75, 3.05) is 13.1 Å². The van der Waals surface area contributed by atoms with Crippen LogP contribution in [0.5, 0.6) is 0 Å². The van der Waals surface area contributed by atoms with Crippen LogP contribution < -0.4 is 5.32 Å². The highest BCUT2D eigenvalue weighted by atomic mass is 16.3. The van der Waals surface area contributed by atoms with Gasteiger partial charge in [-0.1, -0.05) is 0 Å². The van der Waals surface area contributed by atoms with E-state index in [1.807, 2.05) is 4.90 Å². The Hall–Kier alpha value is -1.40. The number of aliphatic hydroxyl groups is 1. The summed E-state index contributed by atoms with van der Waals surface area (Å²) in [5.41, 5.74) is 2.07. The molecule has 6 heteroatoms. The van der Waals surface area contributed by atoms with Crippen molar-refractivity contribution >= 4 is 5.91 Å². The molecule has 3 heterocycles. The fourth-order valence-electron chi connectivity index (χ4n) is 2.95. The highest BCUT2D eigenvalue weighted by molar-refractivity contribution is 5.82.